The van der Waals surface area contributed by atoms with Gasteiger partial charge >= 0.3 is 30.0 Å². The molecule has 1 aliphatic rings. The van der Waals surface area contributed by atoms with Crippen molar-refractivity contribution in [3.63, 3.8) is 0 Å². The first-order valence-electron chi connectivity index (χ1n) is 15.6. The molecule has 0 bridgehead atoms. The summed E-state index contributed by atoms with van der Waals surface area (Å²) in [5, 5.41) is 5.90. The normalized spacial score (nSPS) is 20.4. The summed E-state index contributed by atoms with van der Waals surface area (Å²) < 4.78 is 49.4. The van der Waals surface area contributed by atoms with Gasteiger partial charge in [-0.2, -0.15) is 0 Å². The highest BCUT2D eigenvalue weighted by Gasteiger charge is 2.56. The summed E-state index contributed by atoms with van der Waals surface area (Å²) in [5.41, 5.74) is 9.32. The summed E-state index contributed by atoms with van der Waals surface area (Å²) in [4.78, 5) is 64.7. The van der Waals surface area contributed by atoms with Crippen LogP contribution in [0.1, 0.15) is 47.1 Å². The van der Waals surface area contributed by atoms with Crippen LogP contribution in [0.3, 0.4) is 0 Å². The number of amides is 1. The molecule has 1 unspecified atom stereocenters. The lowest BCUT2D eigenvalue weighted by Crippen LogP contribution is -2.64. The molecule has 0 spiro atoms. The highest BCUT2D eigenvalue weighted by atomic mass is 28.4. The Kier molecular flexibility index (Phi) is 15.9. The molecular formula is C31H46N4O14Si. The van der Waals surface area contributed by atoms with Gasteiger partial charge in [-0.3, -0.25) is 19.7 Å². The van der Waals surface area contributed by atoms with Gasteiger partial charge in [0.25, 0.3) is 0 Å². The highest BCUT2D eigenvalue weighted by Crippen LogP contribution is 2.38. The molecule has 0 aliphatic carbocycles. The van der Waals surface area contributed by atoms with Crippen molar-refractivity contribution < 1.29 is 66.3 Å². The van der Waals surface area contributed by atoms with Gasteiger partial charge in [-0.1, -0.05) is 32.0 Å². The smallest absolute Gasteiger partial charge is 0.414 e. The molecule has 50 heavy (non-hydrogen) atoms. The zero-order valence-electron chi connectivity index (χ0n) is 29.7. The molecule has 1 aromatic rings. The number of carbonyl (C=O) groups excluding carboxylic acids is 5. The lowest BCUT2D eigenvalue weighted by atomic mass is 9.97. The third-order valence-corrected chi connectivity index (χ3v) is 12.1. The van der Waals surface area contributed by atoms with Crippen molar-refractivity contribution in [2.24, 2.45) is 5.11 Å². The number of carbonyl (C=O) groups is 5. The minimum absolute atomic E-state index is 0.0325. The van der Waals surface area contributed by atoms with E-state index in [2.05, 4.69) is 49.2 Å². The van der Waals surface area contributed by atoms with E-state index in [4.69, 9.17) is 47.9 Å². The lowest BCUT2D eigenvalue weighted by Gasteiger charge is -2.42. The Balaban J connectivity index is 2.38. The quantitative estimate of drug-likeness (QED) is 0.0480. The first-order chi connectivity index (χ1) is 23.4. The average molecular weight is 727 g/mol. The number of hydrogen-bond donors (Lipinski definition) is 1. The van der Waals surface area contributed by atoms with E-state index in [0.29, 0.717) is 0 Å². The molecule has 1 saturated heterocycles. The standard InChI is InChI=1S/C31H46N4O14Si/c1-18(36)45-24-25(46-19(2)37)27(47-20(3)38)29(48-26(24)28(39)41-7)49-30(40)34-22-11-10-21(17-44-50(8,9)31(4,5)6)16-23(22)43-15-14-42-13-12-33-35-32/h10-11,16,24-27,29H,12-15,17H2,1-9H3,(H,34,40)/t24-,25-,26?,27+,29-/m0/s1. The second-order valence-corrected chi connectivity index (χ2v) is 17.3. The van der Waals surface area contributed by atoms with Gasteiger partial charge in [-0.05, 0) is 41.4 Å². The van der Waals surface area contributed by atoms with E-state index in [1.807, 2.05) is 0 Å². The number of anilines is 1. The van der Waals surface area contributed by atoms with Crippen molar-refractivity contribution in [1.29, 1.82) is 0 Å². The maximum atomic E-state index is 13.3. The topological polar surface area (TPSA) is 229 Å². The number of benzene rings is 1. The summed E-state index contributed by atoms with van der Waals surface area (Å²) in [6, 6.07) is 4.96. The van der Waals surface area contributed by atoms with Crippen molar-refractivity contribution in [2.75, 3.05) is 38.8 Å². The van der Waals surface area contributed by atoms with Crippen molar-refractivity contribution in [3.05, 3.63) is 34.2 Å². The molecule has 1 N–H and O–H groups in total. The second kappa shape index (κ2) is 19.1. The zero-order valence-corrected chi connectivity index (χ0v) is 30.7. The van der Waals surface area contributed by atoms with E-state index in [-0.39, 0.29) is 49.4 Å². The molecule has 1 heterocycles. The molecule has 1 aliphatic heterocycles. The number of methoxy groups -OCH3 is 1. The van der Waals surface area contributed by atoms with Crippen molar-refractivity contribution >= 4 is 44.0 Å². The van der Waals surface area contributed by atoms with E-state index < -0.39 is 69.0 Å². The minimum atomic E-state index is -2.11. The van der Waals surface area contributed by atoms with Gasteiger partial charge in [-0.25, -0.2) is 9.59 Å². The lowest BCUT2D eigenvalue weighted by molar-refractivity contribution is -0.287. The first-order valence-corrected chi connectivity index (χ1v) is 18.5. The number of rotatable bonds is 16. The second-order valence-electron chi connectivity index (χ2n) is 12.5. The SMILES string of the molecule is COC(=O)C1O[C@@H](OC(=O)Nc2ccc(CO[Si](C)(C)C(C)(C)C)cc2OCCOCCN=[N+]=[N-])[C@H](OC(C)=O)[C@@H](OC(C)=O)[C@@H]1OC(C)=O. The van der Waals surface area contributed by atoms with E-state index in [1.165, 1.54) is 0 Å². The van der Waals surface area contributed by atoms with Gasteiger partial charge in [0.05, 0.1) is 32.6 Å². The molecule has 19 heteroatoms. The van der Waals surface area contributed by atoms with Crippen LogP contribution >= 0.6 is 0 Å². The molecule has 0 saturated carbocycles. The Bertz CT molecular complexity index is 1410. The van der Waals surface area contributed by atoms with Crippen LogP contribution in [0.25, 0.3) is 10.4 Å². The molecule has 5 atom stereocenters. The van der Waals surface area contributed by atoms with Crippen LogP contribution in [-0.4, -0.2) is 102 Å². The van der Waals surface area contributed by atoms with Crippen molar-refractivity contribution in [3.8, 4) is 5.75 Å². The summed E-state index contributed by atoms with van der Waals surface area (Å²) in [6.45, 7) is 14.5. The highest BCUT2D eigenvalue weighted by molar-refractivity contribution is 6.74. The molecule has 1 amide bonds. The van der Waals surface area contributed by atoms with E-state index in [1.54, 1.807) is 18.2 Å². The molecule has 0 radical (unpaired) electrons. The maximum Gasteiger partial charge on any atom is 0.414 e. The average Bonchev–Trinajstić information content (AvgIpc) is 3.01. The fourth-order valence-corrected chi connectivity index (χ4v) is 5.20. The monoisotopic (exact) mass is 726 g/mol. The molecule has 18 nitrogen and oxygen atoms in total. The van der Waals surface area contributed by atoms with Crippen LogP contribution in [0.4, 0.5) is 10.5 Å². The van der Waals surface area contributed by atoms with Crippen LogP contribution in [0.2, 0.25) is 18.1 Å². The number of nitrogens with zero attached hydrogens (tertiary/aromatic N) is 3. The molecule has 2 rings (SSSR count). The fourth-order valence-electron chi connectivity index (χ4n) is 4.24. The van der Waals surface area contributed by atoms with Crippen LogP contribution < -0.4 is 10.1 Å². The fraction of sp³-hybridized carbons (Fsp3) is 0.645. The Morgan fingerprint density at radius 2 is 1.54 bits per heavy atom. The Hall–Kier alpha value is -4.42. The molecule has 278 valence electrons. The third kappa shape index (κ3) is 12.8. The summed E-state index contributed by atoms with van der Waals surface area (Å²) in [6.07, 6.45) is -9.72. The van der Waals surface area contributed by atoms with Crippen LogP contribution in [0.5, 0.6) is 5.75 Å². The van der Waals surface area contributed by atoms with Gasteiger partial charge < -0.3 is 42.3 Å². The summed E-state index contributed by atoms with van der Waals surface area (Å²) >= 11 is 0. The number of hydrogen-bond acceptors (Lipinski definition) is 15. The van der Waals surface area contributed by atoms with Crippen molar-refractivity contribution in [2.45, 2.75) is 97.0 Å². The first kappa shape index (κ1) is 41.7. The Labute approximate surface area is 291 Å². The predicted molar refractivity (Wildman–Crippen MR) is 176 cm³/mol. The van der Waals surface area contributed by atoms with Crippen molar-refractivity contribution in [1.82, 2.24) is 0 Å². The number of ether oxygens (including phenoxy) is 8. The molecule has 1 fully saturated rings. The van der Waals surface area contributed by atoms with Gasteiger partial charge in [-0.15, -0.1) is 0 Å². The predicted octanol–water partition coefficient (Wildman–Crippen LogP) is 4.16. The van der Waals surface area contributed by atoms with Gasteiger partial charge in [0.1, 0.15) is 12.4 Å². The number of esters is 4. The largest absolute Gasteiger partial charge is 0.489 e. The zero-order chi connectivity index (χ0) is 37.6. The molecule has 0 aromatic heterocycles. The molecular weight excluding hydrogens is 680 g/mol. The van der Waals surface area contributed by atoms with Gasteiger partial charge in [0.2, 0.25) is 12.4 Å². The van der Waals surface area contributed by atoms with Crippen LogP contribution in [-0.2, 0) is 63.4 Å². The van der Waals surface area contributed by atoms with E-state index in [0.717, 1.165) is 33.4 Å². The Morgan fingerprint density at radius 3 is 2.12 bits per heavy atom. The summed E-state index contributed by atoms with van der Waals surface area (Å²) in [7, 11) is -1.08. The van der Waals surface area contributed by atoms with Crippen LogP contribution in [0, 0.1) is 0 Å². The number of azide groups is 1. The maximum absolute atomic E-state index is 13.3. The summed E-state index contributed by atoms with van der Waals surface area (Å²) in [5.74, 6) is -3.50. The van der Waals surface area contributed by atoms with E-state index >= 15 is 0 Å². The van der Waals surface area contributed by atoms with Crippen LogP contribution in [0.15, 0.2) is 23.3 Å². The third-order valence-electron chi connectivity index (χ3n) is 7.63. The Morgan fingerprint density at radius 1 is 0.920 bits per heavy atom. The minimum Gasteiger partial charge on any atom is -0.489 e. The van der Waals surface area contributed by atoms with Gasteiger partial charge in [0.15, 0.2) is 26.6 Å². The van der Waals surface area contributed by atoms with Gasteiger partial charge in [0, 0.05) is 32.2 Å². The molecule has 1 aromatic carbocycles. The van der Waals surface area contributed by atoms with E-state index in [9.17, 15) is 24.0 Å². The number of nitrogens with one attached hydrogen (secondary N) is 1.